The molecule has 1 fully saturated rings. The number of rotatable bonds is 3. The van der Waals surface area contributed by atoms with E-state index in [4.69, 9.17) is 14.2 Å². The van der Waals surface area contributed by atoms with Crippen LogP contribution in [0.2, 0.25) is 0 Å². The highest BCUT2D eigenvalue weighted by Gasteiger charge is 2.33. The zero-order chi connectivity index (χ0) is 14.0. The van der Waals surface area contributed by atoms with Crippen molar-refractivity contribution in [2.75, 3.05) is 14.2 Å². The van der Waals surface area contributed by atoms with Gasteiger partial charge in [-0.3, -0.25) is 0 Å². The summed E-state index contributed by atoms with van der Waals surface area (Å²) >= 11 is 0. The quantitative estimate of drug-likeness (QED) is 0.620. The minimum atomic E-state index is -0.241. The van der Waals surface area contributed by atoms with E-state index in [2.05, 4.69) is 0 Å². The first-order chi connectivity index (χ1) is 9.06. The van der Waals surface area contributed by atoms with Crippen molar-refractivity contribution in [2.24, 2.45) is 5.92 Å². The van der Waals surface area contributed by atoms with Gasteiger partial charge in [0.15, 0.2) is 11.5 Å². The number of hydrogen-bond donors (Lipinski definition) is 0. The Kier molecular flexibility index (Phi) is 3.79. The van der Waals surface area contributed by atoms with Crippen LogP contribution >= 0.6 is 0 Å². The van der Waals surface area contributed by atoms with E-state index in [1.807, 2.05) is 38.1 Å². The van der Waals surface area contributed by atoms with E-state index < -0.39 is 0 Å². The minimum absolute atomic E-state index is 0.0705. The van der Waals surface area contributed by atoms with E-state index in [1.165, 1.54) is 0 Å². The first-order valence-electron chi connectivity index (χ1n) is 6.21. The molecule has 0 radical (unpaired) electrons. The molecule has 0 aliphatic carbocycles. The average Bonchev–Trinajstić information content (AvgIpc) is 2.65. The van der Waals surface area contributed by atoms with Gasteiger partial charge >= 0.3 is 5.97 Å². The Balaban J connectivity index is 2.35. The molecule has 102 valence electrons. The fourth-order valence-corrected chi connectivity index (χ4v) is 2.09. The lowest BCUT2D eigenvalue weighted by Crippen LogP contribution is -2.07. The van der Waals surface area contributed by atoms with Crippen molar-refractivity contribution >= 4 is 12.0 Å². The van der Waals surface area contributed by atoms with E-state index in [9.17, 15) is 4.79 Å². The van der Waals surface area contributed by atoms with Gasteiger partial charge in [0.05, 0.1) is 14.2 Å². The van der Waals surface area contributed by atoms with Crippen molar-refractivity contribution in [1.82, 2.24) is 0 Å². The number of esters is 1. The molecule has 0 spiro atoms. The standard InChI is InChI=1S/C15H18O4/c1-9-10(2)19-15(16)12(9)7-11-5-6-13(17-3)14(8-11)18-4/h5-10H,1-4H3. The maximum absolute atomic E-state index is 11.7. The summed E-state index contributed by atoms with van der Waals surface area (Å²) in [4.78, 5) is 11.7. The maximum Gasteiger partial charge on any atom is 0.334 e. The predicted octanol–water partition coefficient (Wildman–Crippen LogP) is 2.67. The zero-order valence-corrected chi connectivity index (χ0v) is 11.6. The third-order valence-corrected chi connectivity index (χ3v) is 3.45. The molecule has 19 heavy (non-hydrogen) atoms. The van der Waals surface area contributed by atoms with Crippen molar-refractivity contribution in [3.05, 3.63) is 29.3 Å². The lowest BCUT2D eigenvalue weighted by molar-refractivity contribution is -0.138. The van der Waals surface area contributed by atoms with Crippen LogP contribution in [0.1, 0.15) is 19.4 Å². The van der Waals surface area contributed by atoms with Gasteiger partial charge in [-0.15, -0.1) is 0 Å². The second-order valence-electron chi connectivity index (χ2n) is 4.61. The molecular weight excluding hydrogens is 244 g/mol. The molecule has 0 saturated carbocycles. The summed E-state index contributed by atoms with van der Waals surface area (Å²) in [5.74, 6) is 1.17. The molecule has 0 bridgehead atoms. The second-order valence-corrected chi connectivity index (χ2v) is 4.61. The van der Waals surface area contributed by atoms with Crippen LogP contribution in [0.15, 0.2) is 23.8 Å². The Morgan fingerprint density at radius 1 is 1.16 bits per heavy atom. The lowest BCUT2D eigenvalue weighted by Gasteiger charge is -2.09. The van der Waals surface area contributed by atoms with Gasteiger partial charge in [0.2, 0.25) is 0 Å². The highest BCUT2D eigenvalue weighted by molar-refractivity contribution is 5.96. The Morgan fingerprint density at radius 2 is 1.84 bits per heavy atom. The van der Waals surface area contributed by atoms with Gasteiger partial charge in [-0.1, -0.05) is 13.0 Å². The molecule has 2 rings (SSSR count). The molecule has 1 aliphatic heterocycles. The number of cyclic esters (lactones) is 1. The molecule has 4 heteroatoms. The fraction of sp³-hybridized carbons (Fsp3) is 0.400. The molecule has 4 nitrogen and oxygen atoms in total. The Bertz CT molecular complexity index is 519. The molecule has 1 aliphatic rings. The van der Waals surface area contributed by atoms with Gasteiger partial charge in [-0.25, -0.2) is 4.79 Å². The highest BCUT2D eigenvalue weighted by Crippen LogP contribution is 2.32. The van der Waals surface area contributed by atoms with Crippen LogP contribution in [-0.4, -0.2) is 26.3 Å². The van der Waals surface area contributed by atoms with Crippen LogP contribution in [0.4, 0.5) is 0 Å². The molecule has 0 aromatic heterocycles. The van der Waals surface area contributed by atoms with Crippen molar-refractivity contribution in [1.29, 1.82) is 0 Å². The SMILES string of the molecule is COc1ccc(C=C2C(=O)OC(C)C2C)cc1OC. The third kappa shape index (κ3) is 2.57. The summed E-state index contributed by atoms with van der Waals surface area (Å²) in [7, 11) is 3.18. The topological polar surface area (TPSA) is 44.8 Å². The number of carbonyl (C=O) groups excluding carboxylic acids is 1. The van der Waals surface area contributed by atoms with Crippen LogP contribution in [0, 0.1) is 5.92 Å². The number of carbonyl (C=O) groups is 1. The Morgan fingerprint density at radius 3 is 2.37 bits per heavy atom. The van der Waals surface area contributed by atoms with Gasteiger partial charge in [0.1, 0.15) is 6.10 Å². The molecular formula is C15H18O4. The number of benzene rings is 1. The monoisotopic (exact) mass is 262 g/mol. The van der Waals surface area contributed by atoms with Crippen LogP contribution in [0.25, 0.3) is 6.08 Å². The molecule has 1 saturated heterocycles. The smallest absolute Gasteiger partial charge is 0.334 e. The van der Waals surface area contributed by atoms with Crippen molar-refractivity contribution in [3.8, 4) is 11.5 Å². The number of ether oxygens (including phenoxy) is 3. The van der Waals surface area contributed by atoms with E-state index >= 15 is 0 Å². The lowest BCUT2D eigenvalue weighted by atomic mass is 9.97. The van der Waals surface area contributed by atoms with Gasteiger partial charge in [-0.05, 0) is 30.7 Å². The zero-order valence-electron chi connectivity index (χ0n) is 11.6. The molecule has 2 unspecified atom stereocenters. The number of hydrogen-bond acceptors (Lipinski definition) is 4. The van der Waals surface area contributed by atoms with Gasteiger partial charge in [0, 0.05) is 11.5 Å². The number of methoxy groups -OCH3 is 2. The Labute approximate surface area is 113 Å². The molecule has 1 aromatic carbocycles. The highest BCUT2D eigenvalue weighted by atomic mass is 16.5. The predicted molar refractivity (Wildman–Crippen MR) is 72.2 cm³/mol. The molecule has 2 atom stereocenters. The molecule has 1 aromatic rings. The summed E-state index contributed by atoms with van der Waals surface area (Å²) in [5, 5.41) is 0. The summed E-state index contributed by atoms with van der Waals surface area (Å²) in [6, 6.07) is 5.55. The van der Waals surface area contributed by atoms with E-state index in [1.54, 1.807) is 14.2 Å². The second kappa shape index (κ2) is 5.34. The summed E-state index contributed by atoms with van der Waals surface area (Å²) < 4.78 is 15.6. The van der Waals surface area contributed by atoms with Crippen molar-refractivity contribution in [3.63, 3.8) is 0 Å². The molecule has 1 heterocycles. The molecule has 0 amide bonds. The third-order valence-electron chi connectivity index (χ3n) is 3.45. The van der Waals surface area contributed by atoms with Crippen molar-refractivity contribution in [2.45, 2.75) is 20.0 Å². The van der Waals surface area contributed by atoms with Crippen LogP contribution < -0.4 is 9.47 Å². The summed E-state index contributed by atoms with van der Waals surface area (Å²) in [6.45, 7) is 3.89. The van der Waals surface area contributed by atoms with Crippen molar-refractivity contribution < 1.29 is 19.0 Å². The largest absolute Gasteiger partial charge is 0.493 e. The van der Waals surface area contributed by atoms with E-state index in [0.717, 1.165) is 5.56 Å². The summed E-state index contributed by atoms with van der Waals surface area (Å²) in [5.41, 5.74) is 1.59. The average molecular weight is 262 g/mol. The normalized spacial score (nSPS) is 24.4. The van der Waals surface area contributed by atoms with E-state index in [0.29, 0.717) is 17.1 Å². The summed E-state index contributed by atoms with van der Waals surface area (Å²) in [6.07, 6.45) is 1.78. The molecule has 0 N–H and O–H groups in total. The first-order valence-corrected chi connectivity index (χ1v) is 6.21. The van der Waals surface area contributed by atoms with Crippen LogP contribution in [0.3, 0.4) is 0 Å². The van der Waals surface area contributed by atoms with Crippen LogP contribution in [0.5, 0.6) is 11.5 Å². The van der Waals surface area contributed by atoms with Crippen LogP contribution in [-0.2, 0) is 9.53 Å². The minimum Gasteiger partial charge on any atom is -0.493 e. The first kappa shape index (κ1) is 13.5. The fourth-order valence-electron chi connectivity index (χ4n) is 2.09. The Hall–Kier alpha value is -1.97. The van der Waals surface area contributed by atoms with Gasteiger partial charge < -0.3 is 14.2 Å². The van der Waals surface area contributed by atoms with E-state index in [-0.39, 0.29) is 18.0 Å². The van der Waals surface area contributed by atoms with Gasteiger partial charge in [0.25, 0.3) is 0 Å². The maximum atomic E-state index is 11.7. The van der Waals surface area contributed by atoms with Gasteiger partial charge in [-0.2, -0.15) is 0 Å².